The first-order chi connectivity index (χ1) is 18.2. The number of aliphatic imine (C=N–C) groups is 1. The van der Waals surface area contributed by atoms with Crippen molar-refractivity contribution in [1.29, 1.82) is 0 Å². The standard InChI is InChI=1S/C28H28N4O5S/c1-15-23(26(34)36-4)25(24(16(2)29-15)27(35)37-5)19-7-6-8-21(13-19)31-28-32-22(14-38-28)18-9-11-20(12-10-18)30-17(3)33/h6-14,23,25H,1-5H3,(H,30,33)(H,31,32). The zero-order valence-electron chi connectivity index (χ0n) is 21.7. The fourth-order valence-electron chi connectivity index (χ4n) is 4.53. The Morgan fingerprint density at radius 3 is 2.37 bits per heavy atom. The smallest absolute Gasteiger partial charge is 0.336 e. The molecule has 1 aliphatic rings. The number of rotatable bonds is 7. The minimum atomic E-state index is -0.764. The maximum absolute atomic E-state index is 12.8. The van der Waals surface area contributed by atoms with Gasteiger partial charge in [0.15, 0.2) is 5.13 Å². The number of carbonyl (C=O) groups excluding carboxylic acids is 3. The van der Waals surface area contributed by atoms with E-state index in [1.807, 2.05) is 53.9 Å². The van der Waals surface area contributed by atoms with Crippen molar-refractivity contribution in [3.8, 4) is 11.3 Å². The molecular formula is C28H28N4O5S. The van der Waals surface area contributed by atoms with Crippen LogP contribution in [-0.2, 0) is 23.9 Å². The number of hydrogen-bond donors (Lipinski definition) is 2. The van der Waals surface area contributed by atoms with E-state index in [0.717, 1.165) is 28.2 Å². The number of aromatic nitrogens is 1. The van der Waals surface area contributed by atoms with Gasteiger partial charge in [-0.1, -0.05) is 24.3 Å². The van der Waals surface area contributed by atoms with Crippen molar-refractivity contribution in [2.24, 2.45) is 10.9 Å². The maximum atomic E-state index is 12.8. The third kappa shape index (κ3) is 5.65. The van der Waals surface area contributed by atoms with Crippen LogP contribution in [0.2, 0.25) is 0 Å². The fourth-order valence-corrected chi connectivity index (χ4v) is 5.27. The molecule has 10 heteroatoms. The SMILES string of the molecule is COC(=O)C1=C(C)N=C(C)C(C(=O)OC)C1c1cccc(Nc2nc(-c3ccc(NC(C)=O)cc3)cs2)c1. The normalized spacial score (nSPS) is 16.9. The average molecular weight is 533 g/mol. The van der Waals surface area contributed by atoms with E-state index in [1.165, 1.54) is 32.5 Å². The Kier molecular flexibility index (Phi) is 8.02. The number of allylic oxidation sites excluding steroid dienone is 1. The van der Waals surface area contributed by atoms with Gasteiger partial charge in [0.2, 0.25) is 5.91 Å². The number of nitrogens with one attached hydrogen (secondary N) is 2. The maximum Gasteiger partial charge on any atom is 0.336 e. The van der Waals surface area contributed by atoms with Crippen LogP contribution in [0.3, 0.4) is 0 Å². The molecule has 2 aromatic carbocycles. The Morgan fingerprint density at radius 2 is 1.71 bits per heavy atom. The van der Waals surface area contributed by atoms with Crippen LogP contribution in [0.1, 0.15) is 32.3 Å². The molecule has 0 saturated heterocycles. The molecule has 4 rings (SSSR count). The number of benzene rings is 2. The summed E-state index contributed by atoms with van der Waals surface area (Å²) in [5.41, 5.74) is 5.31. The summed E-state index contributed by atoms with van der Waals surface area (Å²) in [5, 5.41) is 8.68. The lowest BCUT2D eigenvalue weighted by molar-refractivity contribution is -0.143. The largest absolute Gasteiger partial charge is 0.468 e. The van der Waals surface area contributed by atoms with E-state index in [0.29, 0.717) is 22.1 Å². The van der Waals surface area contributed by atoms with Gasteiger partial charge >= 0.3 is 11.9 Å². The van der Waals surface area contributed by atoms with Crippen LogP contribution in [0, 0.1) is 5.92 Å². The summed E-state index contributed by atoms with van der Waals surface area (Å²) >= 11 is 1.45. The van der Waals surface area contributed by atoms with Crippen LogP contribution < -0.4 is 10.6 Å². The molecule has 2 unspecified atom stereocenters. The van der Waals surface area contributed by atoms with Gasteiger partial charge in [0.1, 0.15) is 5.92 Å². The summed E-state index contributed by atoms with van der Waals surface area (Å²) < 4.78 is 10.1. The van der Waals surface area contributed by atoms with Crippen molar-refractivity contribution in [2.45, 2.75) is 26.7 Å². The Morgan fingerprint density at radius 1 is 0.974 bits per heavy atom. The van der Waals surface area contributed by atoms with Gasteiger partial charge < -0.3 is 20.1 Å². The zero-order chi connectivity index (χ0) is 27.4. The summed E-state index contributed by atoms with van der Waals surface area (Å²) in [7, 11) is 2.63. The number of esters is 2. The van der Waals surface area contributed by atoms with Crippen molar-refractivity contribution in [2.75, 3.05) is 24.9 Å². The predicted octanol–water partition coefficient (Wildman–Crippen LogP) is 5.31. The second-order valence-corrected chi connectivity index (χ2v) is 9.63. The number of methoxy groups -OCH3 is 2. The number of carbonyl (C=O) groups is 3. The fraction of sp³-hybridized carbons (Fsp3) is 0.250. The molecular weight excluding hydrogens is 504 g/mol. The van der Waals surface area contributed by atoms with Crippen molar-refractivity contribution < 1.29 is 23.9 Å². The van der Waals surface area contributed by atoms with E-state index in [2.05, 4.69) is 20.6 Å². The number of amides is 1. The number of nitrogens with zero attached hydrogens (tertiary/aromatic N) is 2. The Hall–Kier alpha value is -4.31. The highest BCUT2D eigenvalue weighted by Gasteiger charge is 2.42. The molecule has 3 aromatic rings. The summed E-state index contributed by atoms with van der Waals surface area (Å²) in [6.45, 7) is 4.96. The van der Waals surface area contributed by atoms with Crippen LogP contribution in [0.15, 0.2) is 70.2 Å². The van der Waals surface area contributed by atoms with E-state index in [9.17, 15) is 14.4 Å². The molecule has 9 nitrogen and oxygen atoms in total. The molecule has 1 aliphatic heterocycles. The third-order valence-electron chi connectivity index (χ3n) is 6.19. The molecule has 0 aliphatic carbocycles. The van der Waals surface area contributed by atoms with E-state index in [4.69, 9.17) is 9.47 Å². The van der Waals surface area contributed by atoms with E-state index < -0.39 is 23.8 Å². The van der Waals surface area contributed by atoms with E-state index in [-0.39, 0.29) is 5.91 Å². The molecule has 2 atom stereocenters. The first-order valence-electron chi connectivity index (χ1n) is 11.8. The van der Waals surface area contributed by atoms with Gasteiger partial charge in [-0.2, -0.15) is 0 Å². The topological polar surface area (TPSA) is 119 Å². The first-order valence-corrected chi connectivity index (χ1v) is 12.7. The first kappa shape index (κ1) is 26.7. The van der Waals surface area contributed by atoms with Crippen LogP contribution >= 0.6 is 11.3 Å². The van der Waals surface area contributed by atoms with E-state index >= 15 is 0 Å². The quantitative estimate of drug-likeness (QED) is 0.396. The number of hydrogen-bond acceptors (Lipinski definition) is 9. The highest BCUT2D eigenvalue weighted by molar-refractivity contribution is 7.14. The molecule has 38 heavy (non-hydrogen) atoms. The molecule has 2 heterocycles. The summed E-state index contributed by atoms with van der Waals surface area (Å²) in [6.07, 6.45) is 0. The number of anilines is 3. The molecule has 196 valence electrons. The molecule has 1 amide bonds. The Balaban J connectivity index is 1.62. The zero-order valence-corrected chi connectivity index (χ0v) is 22.5. The minimum absolute atomic E-state index is 0.127. The molecule has 0 spiro atoms. The molecule has 0 saturated carbocycles. The van der Waals surface area contributed by atoms with Gasteiger partial charge in [-0.05, 0) is 43.7 Å². The van der Waals surface area contributed by atoms with Crippen molar-refractivity contribution in [1.82, 2.24) is 4.98 Å². The van der Waals surface area contributed by atoms with Gasteiger partial charge in [0, 0.05) is 46.6 Å². The number of ether oxygens (including phenoxy) is 2. The van der Waals surface area contributed by atoms with Gasteiger partial charge in [0.25, 0.3) is 0 Å². The van der Waals surface area contributed by atoms with Crippen LogP contribution in [0.25, 0.3) is 11.3 Å². The lowest BCUT2D eigenvalue weighted by Crippen LogP contribution is -2.36. The van der Waals surface area contributed by atoms with Crippen LogP contribution in [-0.4, -0.2) is 42.8 Å². The summed E-state index contributed by atoms with van der Waals surface area (Å²) in [5.74, 6) is -2.52. The summed E-state index contributed by atoms with van der Waals surface area (Å²) in [4.78, 5) is 45.9. The van der Waals surface area contributed by atoms with Crippen LogP contribution in [0.4, 0.5) is 16.5 Å². The van der Waals surface area contributed by atoms with Crippen LogP contribution in [0.5, 0.6) is 0 Å². The van der Waals surface area contributed by atoms with Gasteiger partial charge in [-0.25, -0.2) is 9.78 Å². The Labute approximate surface area is 224 Å². The van der Waals surface area contributed by atoms with Gasteiger partial charge in [-0.3, -0.25) is 14.6 Å². The highest BCUT2D eigenvalue weighted by atomic mass is 32.1. The Bertz CT molecular complexity index is 1440. The summed E-state index contributed by atoms with van der Waals surface area (Å²) in [6, 6.07) is 14.9. The lowest BCUT2D eigenvalue weighted by atomic mass is 9.75. The lowest BCUT2D eigenvalue weighted by Gasteiger charge is -2.31. The second-order valence-electron chi connectivity index (χ2n) is 8.77. The van der Waals surface area contributed by atoms with Crippen molar-refractivity contribution in [3.63, 3.8) is 0 Å². The molecule has 0 bridgehead atoms. The average Bonchev–Trinajstić information content (AvgIpc) is 3.36. The van der Waals surface area contributed by atoms with E-state index in [1.54, 1.807) is 13.8 Å². The third-order valence-corrected chi connectivity index (χ3v) is 6.95. The molecule has 0 fully saturated rings. The second kappa shape index (κ2) is 11.4. The predicted molar refractivity (Wildman–Crippen MR) is 148 cm³/mol. The molecule has 1 aromatic heterocycles. The van der Waals surface area contributed by atoms with Crippen molar-refractivity contribution in [3.05, 3.63) is 70.7 Å². The minimum Gasteiger partial charge on any atom is -0.468 e. The van der Waals surface area contributed by atoms with Crippen molar-refractivity contribution >= 4 is 51.4 Å². The molecule has 0 radical (unpaired) electrons. The number of thiazole rings is 1. The van der Waals surface area contributed by atoms with Gasteiger partial charge in [0.05, 0.1) is 25.5 Å². The molecule has 2 N–H and O–H groups in total. The van der Waals surface area contributed by atoms with Gasteiger partial charge in [-0.15, -0.1) is 11.3 Å². The monoisotopic (exact) mass is 532 g/mol. The highest BCUT2D eigenvalue weighted by Crippen LogP contribution is 2.41.